The van der Waals surface area contributed by atoms with Gasteiger partial charge in [-0.25, -0.2) is 4.79 Å². The molecule has 32 heavy (non-hydrogen) atoms. The Bertz CT molecular complexity index is 674. The van der Waals surface area contributed by atoms with Gasteiger partial charge in [0, 0.05) is 6.42 Å². The third kappa shape index (κ3) is 10.8. The fourth-order valence-electron chi connectivity index (χ4n) is 2.54. The lowest BCUT2D eigenvalue weighted by atomic mass is 10.0. The summed E-state index contributed by atoms with van der Waals surface area (Å²) in [7, 11) is 0. The first kappa shape index (κ1) is 29.6. The molecule has 0 bridgehead atoms. The Hall–Kier alpha value is -2.38. The highest BCUT2D eigenvalue weighted by molar-refractivity contribution is 7.98. The minimum atomic E-state index is -1.50. The van der Waals surface area contributed by atoms with Gasteiger partial charge in [0.15, 0.2) is 0 Å². The number of amides is 4. The molecule has 184 valence electrons. The van der Waals surface area contributed by atoms with Crippen LogP contribution in [0, 0.1) is 5.92 Å². The maximum Gasteiger partial charge on any atom is 0.326 e. The third-order valence-corrected chi connectivity index (χ3v) is 5.27. The van der Waals surface area contributed by atoms with Gasteiger partial charge in [-0.3, -0.25) is 19.2 Å². The number of nitrogens with one attached hydrogen (secondary N) is 3. The van der Waals surface area contributed by atoms with E-state index in [0.29, 0.717) is 5.75 Å². The highest BCUT2D eigenvalue weighted by Gasteiger charge is 2.33. The maximum absolute atomic E-state index is 12.8. The molecule has 4 amide bonds. The molecule has 13 heteroatoms. The summed E-state index contributed by atoms with van der Waals surface area (Å²) < 4.78 is 0. The van der Waals surface area contributed by atoms with E-state index in [1.54, 1.807) is 20.1 Å². The van der Waals surface area contributed by atoms with Gasteiger partial charge >= 0.3 is 5.97 Å². The minimum absolute atomic E-state index is 0.146. The van der Waals surface area contributed by atoms with Crippen LogP contribution in [0.5, 0.6) is 0 Å². The second-order valence-corrected chi connectivity index (χ2v) is 8.73. The number of carboxylic acid groups (broad SMARTS) is 1. The Labute approximate surface area is 191 Å². The van der Waals surface area contributed by atoms with Crippen molar-refractivity contribution in [3.63, 3.8) is 0 Å². The molecular weight excluding hydrogens is 442 g/mol. The van der Waals surface area contributed by atoms with E-state index in [2.05, 4.69) is 16.0 Å². The number of hydrogen-bond acceptors (Lipinski definition) is 8. The van der Waals surface area contributed by atoms with Gasteiger partial charge in [0.25, 0.3) is 0 Å². The van der Waals surface area contributed by atoms with Gasteiger partial charge in [-0.1, -0.05) is 13.8 Å². The number of rotatable bonds is 15. The number of thioether (sulfide) groups is 1. The number of carbonyl (C=O) groups excluding carboxylic acids is 4. The molecule has 0 radical (unpaired) electrons. The molecule has 5 unspecified atom stereocenters. The highest BCUT2D eigenvalue weighted by Crippen LogP contribution is 2.06. The van der Waals surface area contributed by atoms with E-state index < -0.39 is 59.9 Å². The lowest BCUT2D eigenvalue weighted by molar-refractivity contribution is -0.143. The number of hydrogen-bond donors (Lipinski definition) is 7. The lowest BCUT2D eigenvalue weighted by Crippen LogP contribution is -2.60. The second-order valence-electron chi connectivity index (χ2n) is 7.74. The van der Waals surface area contributed by atoms with Crippen molar-refractivity contribution < 1.29 is 34.2 Å². The summed E-state index contributed by atoms with van der Waals surface area (Å²) in [5.74, 6) is -4.09. The van der Waals surface area contributed by atoms with Crippen molar-refractivity contribution in [1.29, 1.82) is 0 Å². The molecular formula is C19H35N5O7S. The molecule has 0 aliphatic rings. The van der Waals surface area contributed by atoms with Crippen LogP contribution in [0.3, 0.4) is 0 Å². The number of aliphatic carboxylic acids is 1. The van der Waals surface area contributed by atoms with Crippen LogP contribution in [0.15, 0.2) is 0 Å². The van der Waals surface area contributed by atoms with Crippen LogP contribution < -0.4 is 27.4 Å². The first-order chi connectivity index (χ1) is 14.8. The van der Waals surface area contributed by atoms with Crippen LogP contribution in [0.2, 0.25) is 0 Å². The zero-order valence-electron chi connectivity index (χ0n) is 18.8. The summed E-state index contributed by atoms with van der Waals surface area (Å²) >= 11 is 1.40. The van der Waals surface area contributed by atoms with Crippen molar-refractivity contribution in [3.05, 3.63) is 0 Å². The molecule has 0 aliphatic heterocycles. The van der Waals surface area contributed by atoms with E-state index >= 15 is 0 Å². The number of aliphatic hydroxyl groups excluding tert-OH is 1. The molecule has 0 aromatic carbocycles. The van der Waals surface area contributed by atoms with Crippen LogP contribution in [0.1, 0.15) is 40.0 Å². The Kier molecular flexibility index (Phi) is 13.5. The molecule has 0 rings (SSSR count). The molecule has 0 heterocycles. The average molecular weight is 478 g/mol. The summed E-state index contributed by atoms with van der Waals surface area (Å²) in [5, 5.41) is 26.3. The SMILES string of the molecule is CSCCC(NC(=O)C(NC(=O)C(CCC(N)=O)NC(=O)C(N)C(C)C)C(C)O)C(=O)O. The van der Waals surface area contributed by atoms with E-state index in [1.807, 2.05) is 0 Å². The molecule has 0 spiro atoms. The van der Waals surface area contributed by atoms with Gasteiger partial charge in [0.05, 0.1) is 12.1 Å². The number of nitrogens with two attached hydrogens (primary N) is 2. The van der Waals surface area contributed by atoms with Crippen LogP contribution in [0.4, 0.5) is 0 Å². The second kappa shape index (κ2) is 14.6. The zero-order valence-corrected chi connectivity index (χ0v) is 19.6. The van der Waals surface area contributed by atoms with E-state index in [-0.39, 0.29) is 25.2 Å². The quantitative estimate of drug-likeness (QED) is 0.137. The van der Waals surface area contributed by atoms with Crippen molar-refractivity contribution in [2.45, 2.75) is 70.3 Å². The highest BCUT2D eigenvalue weighted by atomic mass is 32.2. The molecule has 0 saturated carbocycles. The number of primary amides is 1. The van der Waals surface area contributed by atoms with Gasteiger partial charge in [-0.2, -0.15) is 11.8 Å². The number of aliphatic hydroxyl groups is 1. The van der Waals surface area contributed by atoms with Gasteiger partial charge in [-0.15, -0.1) is 0 Å². The number of carbonyl (C=O) groups is 5. The van der Waals surface area contributed by atoms with Gasteiger partial charge in [-0.05, 0) is 37.7 Å². The molecule has 0 fully saturated rings. The summed E-state index contributed by atoms with van der Waals surface area (Å²) in [6.45, 7) is 4.67. The normalized spacial score (nSPS) is 15.7. The zero-order chi connectivity index (χ0) is 25.0. The topological polar surface area (TPSA) is 214 Å². The molecule has 0 aliphatic carbocycles. The van der Waals surface area contributed by atoms with E-state index in [1.165, 1.54) is 18.7 Å². The van der Waals surface area contributed by atoms with Crippen LogP contribution in [-0.2, 0) is 24.0 Å². The minimum Gasteiger partial charge on any atom is -0.480 e. The van der Waals surface area contributed by atoms with Crippen LogP contribution >= 0.6 is 11.8 Å². The van der Waals surface area contributed by atoms with Crippen LogP contribution in [0.25, 0.3) is 0 Å². The molecule has 0 saturated heterocycles. The Balaban J connectivity index is 5.44. The molecule has 5 atom stereocenters. The smallest absolute Gasteiger partial charge is 0.326 e. The van der Waals surface area contributed by atoms with Crippen LogP contribution in [-0.4, -0.2) is 82.1 Å². The molecule has 0 aromatic heterocycles. The Morgan fingerprint density at radius 1 is 0.906 bits per heavy atom. The predicted molar refractivity (Wildman–Crippen MR) is 119 cm³/mol. The van der Waals surface area contributed by atoms with E-state index in [4.69, 9.17) is 11.5 Å². The summed E-state index contributed by atoms with van der Waals surface area (Å²) in [6, 6.07) is -4.86. The predicted octanol–water partition coefficient (Wildman–Crippen LogP) is -2.09. The number of carboxylic acids is 1. The summed E-state index contributed by atoms with van der Waals surface area (Å²) in [4.78, 5) is 60.2. The fraction of sp³-hybridized carbons (Fsp3) is 0.737. The lowest BCUT2D eigenvalue weighted by Gasteiger charge is -2.26. The van der Waals surface area contributed by atoms with E-state index in [9.17, 15) is 34.2 Å². The fourth-order valence-corrected chi connectivity index (χ4v) is 3.01. The van der Waals surface area contributed by atoms with Gasteiger partial charge in [0.1, 0.15) is 18.1 Å². The maximum atomic E-state index is 12.8. The van der Waals surface area contributed by atoms with Gasteiger partial charge < -0.3 is 37.6 Å². The standard InChI is InChI=1S/C19H35N5O7S/c1-9(2)14(21)17(28)22-11(5-6-13(20)26)16(27)24-15(10(3)25)18(29)23-12(19(30)31)7-8-32-4/h9-12,14-15,25H,5-8,21H2,1-4H3,(H2,20,26)(H,22,28)(H,23,29)(H,24,27)(H,30,31). The van der Waals surface area contributed by atoms with Crippen molar-refractivity contribution in [3.8, 4) is 0 Å². The van der Waals surface area contributed by atoms with E-state index in [0.717, 1.165) is 0 Å². The Morgan fingerprint density at radius 3 is 1.91 bits per heavy atom. The van der Waals surface area contributed by atoms with Crippen molar-refractivity contribution in [2.24, 2.45) is 17.4 Å². The van der Waals surface area contributed by atoms with Crippen molar-refractivity contribution >= 4 is 41.4 Å². The Morgan fingerprint density at radius 2 is 1.47 bits per heavy atom. The first-order valence-corrected chi connectivity index (χ1v) is 11.6. The molecule has 0 aromatic rings. The summed E-state index contributed by atoms with van der Waals surface area (Å²) in [6.07, 6.45) is 0.172. The van der Waals surface area contributed by atoms with Crippen molar-refractivity contribution in [1.82, 2.24) is 16.0 Å². The largest absolute Gasteiger partial charge is 0.480 e. The first-order valence-electron chi connectivity index (χ1n) is 10.2. The summed E-state index contributed by atoms with van der Waals surface area (Å²) in [5.41, 5.74) is 10.9. The monoisotopic (exact) mass is 477 g/mol. The molecule has 9 N–H and O–H groups in total. The molecule has 12 nitrogen and oxygen atoms in total. The average Bonchev–Trinajstić information content (AvgIpc) is 2.70. The van der Waals surface area contributed by atoms with Gasteiger partial charge in [0.2, 0.25) is 23.6 Å². The third-order valence-electron chi connectivity index (χ3n) is 4.62. The van der Waals surface area contributed by atoms with Crippen molar-refractivity contribution in [2.75, 3.05) is 12.0 Å².